The van der Waals surface area contributed by atoms with E-state index in [0.717, 1.165) is 0 Å². The normalized spacial score (nSPS) is 15.6. The molecule has 0 atom stereocenters. The van der Waals surface area contributed by atoms with Crippen molar-refractivity contribution >= 4 is 40.9 Å². The Labute approximate surface area is 167 Å². The zero-order valence-electron chi connectivity index (χ0n) is 15.1. The van der Waals surface area contributed by atoms with Crippen LogP contribution >= 0.6 is 23.8 Å². The molecule has 0 radical (unpaired) electrons. The van der Waals surface area contributed by atoms with Crippen LogP contribution in [0.2, 0.25) is 5.02 Å². The topological polar surface area (TPSA) is 63.9 Å². The van der Waals surface area contributed by atoms with Gasteiger partial charge in [0.05, 0.1) is 31.0 Å². The van der Waals surface area contributed by atoms with Gasteiger partial charge in [-0.2, -0.15) is 0 Å². The molecule has 0 spiro atoms. The number of halogens is 1. The number of carbonyl (C=O) groups excluding carboxylic acids is 1. The number of methoxy groups -OCH3 is 1. The Hall–Kier alpha value is -2.51. The van der Waals surface area contributed by atoms with E-state index in [4.69, 9.17) is 37.7 Å². The minimum Gasteiger partial charge on any atom is -0.493 e. The number of hydrogen-bond donors (Lipinski definition) is 1. The van der Waals surface area contributed by atoms with Crippen molar-refractivity contribution in [1.29, 1.82) is 0 Å². The number of carbonyl (C=O) groups is 1. The standard InChI is InChI=1S/C19H19ClN2O4S/c1-11(2)26-17-14(20)7-12(9-16(17)24-3)8-15-18(23)22(19(27)21-15)10-13-5-4-6-25-13/h4-9,11H,10H2,1-3H3,(H,21,27)/b15-8-. The lowest BCUT2D eigenvalue weighted by molar-refractivity contribution is -0.122. The van der Waals surface area contributed by atoms with Crippen LogP contribution in [0.5, 0.6) is 11.5 Å². The molecule has 1 amide bonds. The van der Waals surface area contributed by atoms with Gasteiger partial charge in [-0.1, -0.05) is 11.6 Å². The first-order chi connectivity index (χ1) is 12.9. The van der Waals surface area contributed by atoms with E-state index in [0.29, 0.717) is 38.7 Å². The Morgan fingerprint density at radius 2 is 2.19 bits per heavy atom. The van der Waals surface area contributed by atoms with Crippen molar-refractivity contribution in [3.63, 3.8) is 0 Å². The van der Waals surface area contributed by atoms with E-state index in [1.165, 1.54) is 12.0 Å². The molecule has 0 aliphatic carbocycles. The second-order valence-electron chi connectivity index (χ2n) is 6.16. The zero-order valence-corrected chi connectivity index (χ0v) is 16.7. The molecule has 1 aliphatic heterocycles. The summed E-state index contributed by atoms with van der Waals surface area (Å²) in [6, 6.07) is 7.01. The molecule has 3 rings (SSSR count). The fourth-order valence-electron chi connectivity index (χ4n) is 2.61. The van der Waals surface area contributed by atoms with Gasteiger partial charge in [-0.25, -0.2) is 0 Å². The molecule has 1 saturated heterocycles. The summed E-state index contributed by atoms with van der Waals surface area (Å²) >= 11 is 11.6. The van der Waals surface area contributed by atoms with E-state index in [-0.39, 0.29) is 18.6 Å². The van der Waals surface area contributed by atoms with Crippen molar-refractivity contribution in [3.8, 4) is 11.5 Å². The highest BCUT2D eigenvalue weighted by molar-refractivity contribution is 7.80. The number of rotatable bonds is 6. The third-order valence-corrected chi connectivity index (χ3v) is 4.38. The van der Waals surface area contributed by atoms with E-state index < -0.39 is 0 Å². The average Bonchev–Trinajstić information content (AvgIpc) is 3.21. The van der Waals surface area contributed by atoms with Gasteiger partial charge < -0.3 is 19.2 Å². The highest BCUT2D eigenvalue weighted by Crippen LogP contribution is 2.37. The van der Waals surface area contributed by atoms with Gasteiger partial charge in [0, 0.05) is 0 Å². The van der Waals surface area contributed by atoms with E-state index >= 15 is 0 Å². The summed E-state index contributed by atoms with van der Waals surface area (Å²) < 4.78 is 16.4. The predicted octanol–water partition coefficient (Wildman–Crippen LogP) is 3.99. The van der Waals surface area contributed by atoms with E-state index in [1.807, 2.05) is 13.8 Å². The fourth-order valence-corrected chi connectivity index (χ4v) is 3.13. The first-order valence-corrected chi connectivity index (χ1v) is 9.08. The van der Waals surface area contributed by atoms with Gasteiger partial charge in [0.25, 0.3) is 5.91 Å². The van der Waals surface area contributed by atoms with Crippen molar-refractivity contribution in [1.82, 2.24) is 10.2 Å². The summed E-state index contributed by atoms with van der Waals surface area (Å²) in [7, 11) is 1.54. The SMILES string of the molecule is COc1cc(/C=C2\NC(=S)N(Cc3ccco3)C2=O)cc(Cl)c1OC(C)C. The van der Waals surface area contributed by atoms with Crippen LogP contribution in [-0.2, 0) is 11.3 Å². The average molecular weight is 407 g/mol. The van der Waals surface area contributed by atoms with Gasteiger partial charge in [0.15, 0.2) is 16.6 Å². The van der Waals surface area contributed by atoms with Gasteiger partial charge in [0.2, 0.25) is 0 Å². The zero-order chi connectivity index (χ0) is 19.6. The molecular formula is C19H19ClN2O4S. The van der Waals surface area contributed by atoms with E-state index in [2.05, 4.69) is 5.32 Å². The summed E-state index contributed by atoms with van der Waals surface area (Å²) in [5.41, 5.74) is 1.04. The fraction of sp³-hybridized carbons (Fsp3) is 0.263. The molecule has 0 unspecified atom stereocenters. The molecule has 1 fully saturated rings. The number of nitrogens with one attached hydrogen (secondary N) is 1. The van der Waals surface area contributed by atoms with Gasteiger partial charge in [-0.3, -0.25) is 9.69 Å². The minimum atomic E-state index is -0.242. The molecule has 142 valence electrons. The van der Waals surface area contributed by atoms with Gasteiger partial charge in [-0.15, -0.1) is 0 Å². The highest BCUT2D eigenvalue weighted by atomic mass is 35.5. The summed E-state index contributed by atoms with van der Waals surface area (Å²) in [6.45, 7) is 4.07. The van der Waals surface area contributed by atoms with Crippen LogP contribution in [0, 0.1) is 0 Å². The number of furan rings is 1. The highest BCUT2D eigenvalue weighted by Gasteiger charge is 2.31. The summed E-state index contributed by atoms with van der Waals surface area (Å²) in [5.74, 6) is 1.36. The largest absolute Gasteiger partial charge is 0.493 e. The summed E-state index contributed by atoms with van der Waals surface area (Å²) in [4.78, 5) is 14.1. The predicted molar refractivity (Wildman–Crippen MR) is 107 cm³/mol. The van der Waals surface area contributed by atoms with Crippen molar-refractivity contribution in [3.05, 3.63) is 52.6 Å². The maximum Gasteiger partial charge on any atom is 0.276 e. The Bertz CT molecular complexity index is 893. The first-order valence-electron chi connectivity index (χ1n) is 8.30. The molecule has 0 saturated carbocycles. The van der Waals surface area contributed by atoms with Gasteiger partial charge >= 0.3 is 0 Å². The quantitative estimate of drug-likeness (QED) is 0.578. The van der Waals surface area contributed by atoms with E-state index in [9.17, 15) is 4.79 Å². The van der Waals surface area contributed by atoms with Crippen LogP contribution in [-0.4, -0.2) is 29.1 Å². The Kier molecular flexibility index (Phi) is 5.72. The lowest BCUT2D eigenvalue weighted by Crippen LogP contribution is -2.29. The number of nitrogens with zero attached hydrogens (tertiary/aromatic N) is 1. The Balaban J connectivity index is 1.87. The van der Waals surface area contributed by atoms with Crippen LogP contribution in [0.15, 0.2) is 40.6 Å². The van der Waals surface area contributed by atoms with Crippen molar-refractivity contribution in [2.75, 3.05) is 7.11 Å². The lowest BCUT2D eigenvalue weighted by atomic mass is 10.1. The molecular weight excluding hydrogens is 388 g/mol. The second kappa shape index (κ2) is 8.02. The lowest BCUT2D eigenvalue weighted by Gasteiger charge is -2.15. The van der Waals surface area contributed by atoms with Crippen LogP contribution in [0.4, 0.5) is 0 Å². The molecule has 6 nitrogen and oxygen atoms in total. The maximum absolute atomic E-state index is 12.7. The summed E-state index contributed by atoms with van der Waals surface area (Å²) in [6.07, 6.45) is 3.17. The number of thiocarbonyl (C=S) groups is 1. The summed E-state index contributed by atoms with van der Waals surface area (Å²) in [5, 5.41) is 3.65. The smallest absolute Gasteiger partial charge is 0.276 e. The molecule has 1 aromatic carbocycles. The van der Waals surface area contributed by atoms with Crippen LogP contribution in [0.3, 0.4) is 0 Å². The Morgan fingerprint density at radius 1 is 1.41 bits per heavy atom. The monoisotopic (exact) mass is 406 g/mol. The van der Waals surface area contributed by atoms with Crippen molar-refractivity contribution in [2.45, 2.75) is 26.5 Å². The third kappa shape index (κ3) is 4.26. The second-order valence-corrected chi connectivity index (χ2v) is 6.95. The molecule has 8 heteroatoms. The minimum absolute atomic E-state index is 0.0498. The molecule has 27 heavy (non-hydrogen) atoms. The number of benzene rings is 1. The molecule has 2 aromatic rings. The number of ether oxygens (including phenoxy) is 2. The number of hydrogen-bond acceptors (Lipinski definition) is 5. The molecule has 0 bridgehead atoms. The van der Waals surface area contributed by atoms with Crippen molar-refractivity contribution in [2.24, 2.45) is 0 Å². The maximum atomic E-state index is 12.7. The van der Waals surface area contributed by atoms with E-state index in [1.54, 1.807) is 36.6 Å². The molecule has 1 N–H and O–H groups in total. The van der Waals surface area contributed by atoms with Crippen molar-refractivity contribution < 1.29 is 18.7 Å². The third-order valence-electron chi connectivity index (χ3n) is 3.77. The molecule has 1 aromatic heterocycles. The molecule has 2 heterocycles. The van der Waals surface area contributed by atoms with Crippen LogP contribution in [0.25, 0.3) is 6.08 Å². The van der Waals surface area contributed by atoms with Gasteiger partial charge in [0.1, 0.15) is 11.5 Å². The van der Waals surface area contributed by atoms with Crippen LogP contribution < -0.4 is 14.8 Å². The molecule has 1 aliphatic rings. The first kappa shape index (κ1) is 19.3. The Morgan fingerprint density at radius 3 is 2.81 bits per heavy atom. The van der Waals surface area contributed by atoms with Crippen LogP contribution in [0.1, 0.15) is 25.2 Å². The van der Waals surface area contributed by atoms with Gasteiger partial charge in [-0.05, 0) is 62.0 Å². The number of amides is 1.